The van der Waals surface area contributed by atoms with Gasteiger partial charge in [-0.2, -0.15) is 4.98 Å². The maximum Gasteiger partial charge on any atom is 0.232 e. The van der Waals surface area contributed by atoms with Gasteiger partial charge in [0.2, 0.25) is 5.89 Å². The van der Waals surface area contributed by atoms with Crippen molar-refractivity contribution in [2.45, 2.75) is 45.8 Å². The van der Waals surface area contributed by atoms with Crippen molar-refractivity contribution >= 4 is 5.69 Å². The van der Waals surface area contributed by atoms with Crippen molar-refractivity contribution in [1.29, 1.82) is 0 Å². The van der Waals surface area contributed by atoms with Crippen LogP contribution in [0.25, 0.3) is 0 Å². The Bertz CT molecular complexity index is 558. The smallest absolute Gasteiger partial charge is 0.232 e. The zero-order valence-electron chi connectivity index (χ0n) is 13.1. The van der Waals surface area contributed by atoms with Crippen LogP contribution in [-0.2, 0) is 12.0 Å². The van der Waals surface area contributed by atoms with E-state index in [-0.39, 0.29) is 5.41 Å². The fraction of sp³-hybridized carbons (Fsp3) is 0.500. The number of benzene rings is 1. The molecule has 2 rings (SSSR count). The molecule has 0 saturated heterocycles. The van der Waals surface area contributed by atoms with Crippen LogP contribution >= 0.6 is 0 Å². The Labute approximate surface area is 125 Å². The number of aliphatic hydroxyl groups excluding tert-OH is 1. The lowest BCUT2D eigenvalue weighted by atomic mass is 9.97. The van der Waals surface area contributed by atoms with Crippen molar-refractivity contribution in [2.24, 2.45) is 0 Å². The maximum absolute atomic E-state index is 9.69. The van der Waals surface area contributed by atoms with Crippen molar-refractivity contribution in [1.82, 2.24) is 10.1 Å². The van der Waals surface area contributed by atoms with E-state index >= 15 is 0 Å². The molecule has 0 radical (unpaired) electrons. The van der Waals surface area contributed by atoms with Gasteiger partial charge in [-0.3, -0.25) is 0 Å². The Balaban J connectivity index is 2.17. The predicted molar refractivity (Wildman–Crippen MR) is 82.2 cm³/mol. The molecule has 0 spiro atoms. The number of nitrogens with zero attached hydrogens (tertiary/aromatic N) is 3. The molecule has 21 heavy (non-hydrogen) atoms. The van der Waals surface area contributed by atoms with Crippen LogP contribution in [0.5, 0.6) is 0 Å². The number of aliphatic hydroxyl groups is 1. The lowest BCUT2D eigenvalue weighted by molar-refractivity contribution is 0.199. The summed E-state index contributed by atoms with van der Waals surface area (Å²) in [6.07, 6.45) is -0.431. The number of hydrogen-bond acceptors (Lipinski definition) is 5. The minimum Gasteiger partial charge on any atom is -0.392 e. The van der Waals surface area contributed by atoms with Gasteiger partial charge in [-0.1, -0.05) is 44.1 Å². The Kier molecular flexibility index (Phi) is 4.63. The first-order chi connectivity index (χ1) is 9.86. The highest BCUT2D eigenvalue weighted by molar-refractivity contribution is 5.46. The van der Waals surface area contributed by atoms with Crippen LogP contribution < -0.4 is 4.90 Å². The van der Waals surface area contributed by atoms with Crippen LogP contribution in [0.1, 0.15) is 39.4 Å². The Morgan fingerprint density at radius 2 is 1.90 bits per heavy atom. The summed E-state index contributed by atoms with van der Waals surface area (Å²) in [6.45, 7) is 8.91. The van der Waals surface area contributed by atoms with Crippen LogP contribution in [0, 0.1) is 0 Å². The SMILES string of the molecule is C[C@@H](O)CN(Cc1noc(C(C)(C)C)n1)c1ccccc1. The van der Waals surface area contributed by atoms with Gasteiger partial charge in [0.05, 0.1) is 12.6 Å². The van der Waals surface area contributed by atoms with E-state index in [1.807, 2.05) is 56.0 Å². The van der Waals surface area contributed by atoms with E-state index in [4.69, 9.17) is 4.52 Å². The van der Waals surface area contributed by atoms with Crippen molar-refractivity contribution in [3.05, 3.63) is 42.0 Å². The van der Waals surface area contributed by atoms with E-state index in [0.717, 1.165) is 5.69 Å². The third-order valence-electron chi connectivity index (χ3n) is 3.05. The molecule has 1 N–H and O–H groups in total. The third kappa shape index (κ3) is 4.29. The van der Waals surface area contributed by atoms with Gasteiger partial charge in [0.15, 0.2) is 5.82 Å². The number of anilines is 1. The molecule has 1 atom stereocenters. The number of rotatable bonds is 5. The minimum atomic E-state index is -0.431. The highest BCUT2D eigenvalue weighted by Gasteiger charge is 2.22. The molecule has 0 bridgehead atoms. The van der Waals surface area contributed by atoms with E-state index in [1.54, 1.807) is 6.92 Å². The predicted octanol–water partition coefficient (Wildman–Crippen LogP) is 2.75. The van der Waals surface area contributed by atoms with Gasteiger partial charge in [-0.15, -0.1) is 0 Å². The Morgan fingerprint density at radius 1 is 1.24 bits per heavy atom. The second-order valence-corrected chi connectivity index (χ2v) is 6.33. The monoisotopic (exact) mass is 289 g/mol. The minimum absolute atomic E-state index is 0.160. The summed E-state index contributed by atoms with van der Waals surface area (Å²) in [5.41, 5.74) is 0.869. The highest BCUT2D eigenvalue weighted by Crippen LogP contribution is 2.21. The highest BCUT2D eigenvalue weighted by atomic mass is 16.5. The van der Waals surface area contributed by atoms with Crippen LogP contribution in [0.3, 0.4) is 0 Å². The van der Waals surface area contributed by atoms with Gasteiger partial charge in [-0.05, 0) is 19.1 Å². The molecule has 0 fully saturated rings. The molecule has 0 aliphatic rings. The molecule has 0 amide bonds. The first-order valence-corrected chi connectivity index (χ1v) is 7.17. The number of aromatic nitrogens is 2. The lowest BCUT2D eigenvalue weighted by Crippen LogP contribution is -2.31. The van der Waals surface area contributed by atoms with Gasteiger partial charge in [-0.25, -0.2) is 0 Å². The molecular formula is C16H23N3O2. The summed E-state index contributed by atoms with van der Waals surface area (Å²) in [6, 6.07) is 9.93. The van der Waals surface area contributed by atoms with E-state index in [2.05, 4.69) is 10.1 Å². The molecule has 114 valence electrons. The second kappa shape index (κ2) is 6.26. The summed E-state index contributed by atoms with van der Waals surface area (Å²) >= 11 is 0. The van der Waals surface area contributed by atoms with E-state index in [1.165, 1.54) is 0 Å². The topological polar surface area (TPSA) is 62.4 Å². The molecule has 0 aliphatic heterocycles. The fourth-order valence-corrected chi connectivity index (χ4v) is 2.01. The first-order valence-electron chi connectivity index (χ1n) is 7.17. The zero-order valence-corrected chi connectivity index (χ0v) is 13.1. The molecule has 1 aromatic carbocycles. The molecule has 0 unspecified atom stereocenters. The van der Waals surface area contributed by atoms with Gasteiger partial charge in [0, 0.05) is 17.6 Å². The second-order valence-electron chi connectivity index (χ2n) is 6.33. The van der Waals surface area contributed by atoms with Gasteiger partial charge < -0.3 is 14.5 Å². The van der Waals surface area contributed by atoms with Crippen molar-refractivity contribution in [3.8, 4) is 0 Å². The summed E-state index contributed by atoms with van der Waals surface area (Å²) in [5.74, 6) is 1.26. The normalized spacial score (nSPS) is 13.2. The number of para-hydroxylation sites is 1. The maximum atomic E-state index is 9.69. The number of hydrogen-bond donors (Lipinski definition) is 1. The largest absolute Gasteiger partial charge is 0.392 e. The molecule has 2 aromatic rings. The summed E-state index contributed by atoms with van der Waals surface area (Å²) in [4.78, 5) is 6.50. The van der Waals surface area contributed by atoms with Crippen LogP contribution in [-0.4, -0.2) is 27.9 Å². The average Bonchev–Trinajstić information content (AvgIpc) is 2.87. The Morgan fingerprint density at radius 3 is 2.43 bits per heavy atom. The van der Waals surface area contributed by atoms with Crippen LogP contribution in [0.4, 0.5) is 5.69 Å². The van der Waals surface area contributed by atoms with E-state index < -0.39 is 6.10 Å². The van der Waals surface area contributed by atoms with Gasteiger partial charge in [0.1, 0.15) is 0 Å². The molecule has 5 nitrogen and oxygen atoms in total. The van der Waals surface area contributed by atoms with Gasteiger partial charge >= 0.3 is 0 Å². The van der Waals surface area contributed by atoms with Crippen molar-refractivity contribution in [2.75, 3.05) is 11.4 Å². The molecule has 1 heterocycles. The molecule has 5 heteroatoms. The lowest BCUT2D eigenvalue weighted by Gasteiger charge is -2.24. The molecule has 0 saturated carbocycles. The van der Waals surface area contributed by atoms with Gasteiger partial charge in [0.25, 0.3) is 0 Å². The quantitative estimate of drug-likeness (QED) is 0.917. The van der Waals surface area contributed by atoms with Crippen LogP contribution in [0.15, 0.2) is 34.9 Å². The van der Waals surface area contributed by atoms with E-state index in [0.29, 0.717) is 24.8 Å². The van der Waals surface area contributed by atoms with Crippen molar-refractivity contribution < 1.29 is 9.63 Å². The molecule has 0 aliphatic carbocycles. The van der Waals surface area contributed by atoms with Crippen LogP contribution in [0.2, 0.25) is 0 Å². The zero-order chi connectivity index (χ0) is 15.5. The summed E-state index contributed by atoms with van der Waals surface area (Å²) < 4.78 is 5.32. The Hall–Kier alpha value is -1.88. The molecular weight excluding hydrogens is 266 g/mol. The summed E-state index contributed by atoms with van der Waals surface area (Å²) in [5, 5.41) is 13.7. The average molecular weight is 289 g/mol. The summed E-state index contributed by atoms with van der Waals surface area (Å²) in [7, 11) is 0. The standard InChI is InChI=1S/C16H23N3O2/c1-12(20)10-19(13-8-6-5-7-9-13)11-14-17-15(21-18-14)16(2,3)4/h5-9,12,20H,10-11H2,1-4H3/t12-/m1/s1. The third-order valence-corrected chi connectivity index (χ3v) is 3.05. The van der Waals surface area contributed by atoms with E-state index in [9.17, 15) is 5.11 Å². The first kappa shape index (κ1) is 15.5. The molecule has 1 aromatic heterocycles. The fourth-order valence-electron chi connectivity index (χ4n) is 2.01. The van der Waals surface area contributed by atoms with Crippen molar-refractivity contribution in [3.63, 3.8) is 0 Å².